The molecular formula is C12H18ClNO2S2. The van der Waals surface area contributed by atoms with E-state index in [1.807, 2.05) is 0 Å². The summed E-state index contributed by atoms with van der Waals surface area (Å²) in [5.41, 5.74) is 0. The summed E-state index contributed by atoms with van der Waals surface area (Å²) in [5, 5.41) is 1.79. The lowest BCUT2D eigenvalue weighted by molar-refractivity contribution is 0.212. The first-order valence-corrected chi connectivity index (χ1v) is 8.94. The summed E-state index contributed by atoms with van der Waals surface area (Å²) in [5.74, 6) is 1.25. The molecule has 1 aliphatic heterocycles. The van der Waals surface area contributed by atoms with E-state index in [4.69, 9.17) is 11.6 Å². The maximum absolute atomic E-state index is 12.6. The molecule has 3 nitrogen and oxygen atoms in total. The third-order valence-electron chi connectivity index (χ3n) is 3.74. The number of thiophene rings is 1. The molecule has 0 amide bonds. The Balaban J connectivity index is 2.27. The zero-order valence-corrected chi connectivity index (χ0v) is 13.0. The fourth-order valence-corrected chi connectivity index (χ4v) is 5.47. The van der Waals surface area contributed by atoms with Gasteiger partial charge < -0.3 is 0 Å². The Kier molecular flexibility index (Phi) is 4.36. The van der Waals surface area contributed by atoms with Crippen molar-refractivity contribution in [1.29, 1.82) is 0 Å². The predicted molar refractivity (Wildman–Crippen MR) is 75.6 cm³/mol. The van der Waals surface area contributed by atoms with Crippen molar-refractivity contribution in [2.75, 3.05) is 13.1 Å². The Morgan fingerprint density at radius 1 is 1.44 bits per heavy atom. The zero-order valence-electron chi connectivity index (χ0n) is 10.6. The van der Waals surface area contributed by atoms with Gasteiger partial charge in [0.1, 0.15) is 0 Å². The Morgan fingerprint density at radius 2 is 2.17 bits per heavy atom. The Morgan fingerprint density at radius 3 is 2.78 bits per heavy atom. The molecule has 0 aliphatic carbocycles. The topological polar surface area (TPSA) is 37.4 Å². The SMILES string of the molecule is CC1CCN(S(=O)(=O)c2ccsc2CCl)CC1C. The van der Waals surface area contributed by atoms with E-state index < -0.39 is 10.0 Å². The first kappa shape index (κ1) is 14.3. The molecule has 18 heavy (non-hydrogen) atoms. The fourth-order valence-electron chi connectivity index (χ4n) is 2.24. The molecular weight excluding hydrogens is 290 g/mol. The normalized spacial score (nSPS) is 26.4. The summed E-state index contributed by atoms with van der Waals surface area (Å²) >= 11 is 7.20. The molecule has 1 saturated heterocycles. The smallest absolute Gasteiger partial charge is 0.207 e. The van der Waals surface area contributed by atoms with Crippen LogP contribution in [0.4, 0.5) is 0 Å². The second kappa shape index (κ2) is 5.49. The van der Waals surface area contributed by atoms with E-state index in [1.165, 1.54) is 11.3 Å². The van der Waals surface area contributed by atoms with Crippen LogP contribution in [-0.2, 0) is 15.9 Å². The van der Waals surface area contributed by atoms with Crippen molar-refractivity contribution >= 4 is 33.0 Å². The van der Waals surface area contributed by atoms with Gasteiger partial charge in [-0.1, -0.05) is 13.8 Å². The summed E-state index contributed by atoms with van der Waals surface area (Å²) in [7, 11) is -3.36. The molecule has 0 N–H and O–H groups in total. The number of halogens is 1. The van der Waals surface area contributed by atoms with Crippen molar-refractivity contribution in [1.82, 2.24) is 4.31 Å². The van der Waals surface area contributed by atoms with Gasteiger partial charge in [0, 0.05) is 18.0 Å². The van der Waals surface area contributed by atoms with Crippen LogP contribution in [0.3, 0.4) is 0 Å². The second-order valence-electron chi connectivity index (χ2n) is 4.95. The molecule has 102 valence electrons. The van der Waals surface area contributed by atoms with Gasteiger partial charge in [-0.25, -0.2) is 8.42 Å². The number of alkyl halides is 1. The largest absolute Gasteiger partial charge is 0.244 e. The first-order valence-electron chi connectivity index (χ1n) is 6.09. The molecule has 0 radical (unpaired) electrons. The summed E-state index contributed by atoms with van der Waals surface area (Å²) < 4.78 is 26.7. The lowest BCUT2D eigenvalue weighted by atomic mass is 9.90. The maximum Gasteiger partial charge on any atom is 0.244 e. The lowest BCUT2D eigenvalue weighted by Crippen LogP contribution is -2.42. The standard InChI is InChI=1S/C12H18ClNO2S2/c1-9-3-5-14(8-10(9)2)18(15,16)12-4-6-17-11(12)7-13/h4,6,9-10H,3,5,7-8H2,1-2H3. The van der Waals surface area contributed by atoms with Crippen LogP contribution in [0.25, 0.3) is 0 Å². The molecule has 1 fully saturated rings. The van der Waals surface area contributed by atoms with Crippen molar-refractivity contribution in [3.8, 4) is 0 Å². The van der Waals surface area contributed by atoms with E-state index in [9.17, 15) is 8.42 Å². The molecule has 2 heterocycles. The summed E-state index contributed by atoms with van der Waals surface area (Å²) in [6, 6.07) is 1.67. The van der Waals surface area contributed by atoms with Crippen molar-refractivity contribution in [3.63, 3.8) is 0 Å². The van der Waals surface area contributed by atoms with Crippen LogP contribution < -0.4 is 0 Å². The Hall–Kier alpha value is -0.100. The highest BCUT2D eigenvalue weighted by atomic mass is 35.5. The highest BCUT2D eigenvalue weighted by molar-refractivity contribution is 7.89. The Labute approximate surface area is 118 Å². The van der Waals surface area contributed by atoms with Gasteiger partial charge in [0.05, 0.1) is 10.8 Å². The summed E-state index contributed by atoms with van der Waals surface area (Å²) in [6.07, 6.45) is 0.931. The van der Waals surface area contributed by atoms with Gasteiger partial charge in [0.25, 0.3) is 0 Å². The number of hydrogen-bond acceptors (Lipinski definition) is 3. The highest BCUT2D eigenvalue weighted by Crippen LogP contribution is 2.31. The molecule has 0 aromatic carbocycles. The van der Waals surface area contributed by atoms with E-state index in [-0.39, 0.29) is 5.88 Å². The number of nitrogens with zero attached hydrogens (tertiary/aromatic N) is 1. The molecule has 1 aromatic rings. The van der Waals surface area contributed by atoms with Gasteiger partial charge in [0.15, 0.2) is 0 Å². The average Bonchev–Trinajstić information content (AvgIpc) is 2.81. The zero-order chi connectivity index (χ0) is 13.3. The minimum absolute atomic E-state index is 0.256. The molecule has 2 rings (SSSR count). The lowest BCUT2D eigenvalue weighted by Gasteiger charge is -2.34. The number of piperidine rings is 1. The first-order chi connectivity index (χ1) is 8.46. The van der Waals surface area contributed by atoms with E-state index in [0.29, 0.717) is 29.8 Å². The quantitative estimate of drug-likeness (QED) is 0.804. The molecule has 0 spiro atoms. The van der Waals surface area contributed by atoms with E-state index in [1.54, 1.807) is 15.8 Å². The van der Waals surface area contributed by atoms with Gasteiger partial charge in [-0.3, -0.25) is 0 Å². The number of sulfonamides is 1. The van der Waals surface area contributed by atoms with Crippen LogP contribution >= 0.6 is 22.9 Å². The molecule has 2 atom stereocenters. The number of hydrogen-bond donors (Lipinski definition) is 0. The van der Waals surface area contributed by atoms with Gasteiger partial charge in [-0.15, -0.1) is 22.9 Å². The maximum atomic E-state index is 12.6. The minimum Gasteiger partial charge on any atom is -0.207 e. The molecule has 1 aliphatic rings. The average molecular weight is 308 g/mol. The van der Waals surface area contributed by atoms with Crippen molar-refractivity contribution in [2.24, 2.45) is 11.8 Å². The van der Waals surface area contributed by atoms with Crippen molar-refractivity contribution in [2.45, 2.75) is 31.0 Å². The van der Waals surface area contributed by atoms with Gasteiger partial charge in [0.2, 0.25) is 10.0 Å². The molecule has 2 unspecified atom stereocenters. The third kappa shape index (κ3) is 2.59. The van der Waals surface area contributed by atoms with E-state index in [2.05, 4.69) is 13.8 Å². The van der Waals surface area contributed by atoms with Crippen LogP contribution in [-0.4, -0.2) is 25.8 Å². The third-order valence-corrected chi connectivity index (χ3v) is 7.17. The molecule has 0 saturated carbocycles. The van der Waals surface area contributed by atoms with Crippen LogP contribution in [0.15, 0.2) is 16.3 Å². The molecule has 1 aromatic heterocycles. The van der Waals surface area contributed by atoms with Crippen molar-refractivity contribution < 1.29 is 8.42 Å². The summed E-state index contributed by atoms with van der Waals surface area (Å²) in [4.78, 5) is 1.13. The second-order valence-corrected chi connectivity index (χ2v) is 8.12. The number of rotatable bonds is 3. The predicted octanol–water partition coefficient (Wildman–Crippen LogP) is 3.15. The Bertz CT molecular complexity index is 512. The molecule has 6 heteroatoms. The van der Waals surface area contributed by atoms with E-state index in [0.717, 1.165) is 11.3 Å². The minimum atomic E-state index is -3.36. The summed E-state index contributed by atoms with van der Waals surface area (Å²) in [6.45, 7) is 5.53. The van der Waals surface area contributed by atoms with Crippen LogP contribution in [0.5, 0.6) is 0 Å². The van der Waals surface area contributed by atoms with Crippen molar-refractivity contribution in [3.05, 3.63) is 16.3 Å². The van der Waals surface area contributed by atoms with Gasteiger partial charge in [-0.2, -0.15) is 4.31 Å². The van der Waals surface area contributed by atoms with Crippen LogP contribution in [0, 0.1) is 11.8 Å². The highest BCUT2D eigenvalue weighted by Gasteiger charge is 2.33. The van der Waals surface area contributed by atoms with Crippen LogP contribution in [0.1, 0.15) is 25.1 Å². The molecule has 0 bridgehead atoms. The fraction of sp³-hybridized carbons (Fsp3) is 0.667. The van der Waals surface area contributed by atoms with Gasteiger partial charge in [-0.05, 0) is 29.7 Å². The van der Waals surface area contributed by atoms with E-state index >= 15 is 0 Å². The van der Waals surface area contributed by atoms with Crippen LogP contribution in [0.2, 0.25) is 0 Å². The van der Waals surface area contributed by atoms with Gasteiger partial charge >= 0.3 is 0 Å². The monoisotopic (exact) mass is 307 g/mol.